The molecule has 48 heavy (non-hydrogen) atoms. The van der Waals surface area contributed by atoms with Gasteiger partial charge in [0.25, 0.3) is 0 Å². The maximum Gasteiger partial charge on any atom is 0.343 e. The van der Waals surface area contributed by atoms with Crippen LogP contribution in [0.5, 0.6) is 11.5 Å². The van der Waals surface area contributed by atoms with Crippen molar-refractivity contribution in [3.63, 3.8) is 0 Å². The highest BCUT2D eigenvalue weighted by Gasteiger charge is 2.27. The van der Waals surface area contributed by atoms with E-state index in [0.717, 1.165) is 5.56 Å². The Morgan fingerprint density at radius 2 is 1.65 bits per heavy atom. The number of carboxylic acid groups (broad SMARTS) is 1. The van der Waals surface area contributed by atoms with Crippen LogP contribution in [0.25, 0.3) is 0 Å². The monoisotopic (exact) mass is 680 g/mol. The van der Waals surface area contributed by atoms with E-state index in [1.165, 1.54) is 37.1 Å². The van der Waals surface area contributed by atoms with Gasteiger partial charge in [-0.15, -0.1) is 11.8 Å². The van der Waals surface area contributed by atoms with Crippen LogP contribution in [0.15, 0.2) is 84.6 Å². The lowest BCUT2D eigenvalue weighted by Gasteiger charge is -2.23. The molecule has 11 nitrogen and oxygen atoms in total. The molecule has 3 N–H and O–H groups in total. The molecule has 254 valence electrons. The van der Waals surface area contributed by atoms with Gasteiger partial charge in [0, 0.05) is 11.3 Å². The lowest BCUT2D eigenvalue weighted by Crippen LogP contribution is -2.50. The Hall–Kier alpha value is -5.17. The van der Waals surface area contributed by atoms with E-state index < -0.39 is 53.0 Å². The number of esters is 1. The van der Waals surface area contributed by atoms with E-state index in [-0.39, 0.29) is 31.1 Å². The summed E-state index contributed by atoms with van der Waals surface area (Å²) in [5.41, 5.74) is 1.61. The average Bonchev–Trinajstić information content (AvgIpc) is 3.06. The summed E-state index contributed by atoms with van der Waals surface area (Å²) in [6.07, 6.45) is 0.352. The number of hydrogen-bond donors (Lipinski definition) is 3. The molecule has 0 saturated heterocycles. The SMILES string of the molecule is COC(=O)COc1ccc(OCc2ccc(F)cc2)c(CC(=O)N[C@H](C(=O)NC(=CC(=O)O)C(=O)CSCc2ccccc2)C(C)C)c1. The molecule has 0 saturated carbocycles. The van der Waals surface area contributed by atoms with Crippen molar-refractivity contribution in [2.75, 3.05) is 19.5 Å². The second kappa shape index (κ2) is 18.8. The number of allylic oxidation sites excluding steroid dienone is 1. The van der Waals surface area contributed by atoms with E-state index in [4.69, 9.17) is 9.47 Å². The standard InChI is InChI=1S/C35H37FN2O9S/c1-22(2)34(35(44)37-28(17-32(41)42)29(39)21-48-20-24-7-5-4-6-8-24)38-31(40)16-25-15-27(46-19-33(43)45-3)13-14-30(25)47-18-23-9-11-26(36)12-10-23/h4-15,17,22,34H,16,18-21H2,1-3H3,(H,37,44)(H,38,40)(H,41,42)/t34-/m0/s1. The van der Waals surface area contributed by atoms with Crippen molar-refractivity contribution < 1.29 is 47.7 Å². The van der Waals surface area contributed by atoms with Crippen LogP contribution in [-0.2, 0) is 47.5 Å². The molecule has 13 heteroatoms. The van der Waals surface area contributed by atoms with Crippen LogP contribution < -0.4 is 20.1 Å². The summed E-state index contributed by atoms with van der Waals surface area (Å²) in [7, 11) is 1.22. The fourth-order valence-electron chi connectivity index (χ4n) is 4.23. The summed E-state index contributed by atoms with van der Waals surface area (Å²) in [6, 6.07) is 18.6. The van der Waals surface area contributed by atoms with Crippen molar-refractivity contribution in [1.29, 1.82) is 0 Å². The van der Waals surface area contributed by atoms with E-state index in [1.807, 2.05) is 30.3 Å². The molecule has 0 aromatic heterocycles. The molecule has 0 aliphatic rings. The minimum absolute atomic E-state index is 0.0602. The van der Waals surface area contributed by atoms with Gasteiger partial charge in [-0.2, -0.15) is 0 Å². The van der Waals surface area contributed by atoms with Gasteiger partial charge in [-0.05, 0) is 47.4 Å². The van der Waals surface area contributed by atoms with E-state index in [2.05, 4.69) is 15.4 Å². The summed E-state index contributed by atoms with van der Waals surface area (Å²) in [5.74, 6) is -3.84. The van der Waals surface area contributed by atoms with Crippen molar-refractivity contribution >= 4 is 41.3 Å². The van der Waals surface area contributed by atoms with Crippen LogP contribution >= 0.6 is 11.8 Å². The predicted molar refractivity (Wildman–Crippen MR) is 177 cm³/mol. The van der Waals surface area contributed by atoms with E-state index in [1.54, 1.807) is 38.1 Å². The van der Waals surface area contributed by atoms with Crippen LogP contribution in [0.1, 0.15) is 30.5 Å². The van der Waals surface area contributed by atoms with Crippen molar-refractivity contribution in [1.82, 2.24) is 10.6 Å². The molecule has 0 fully saturated rings. The van der Waals surface area contributed by atoms with Gasteiger partial charge in [0.1, 0.15) is 30.0 Å². The second-order valence-electron chi connectivity index (χ2n) is 10.8. The van der Waals surface area contributed by atoms with Gasteiger partial charge < -0.3 is 30.0 Å². The average molecular weight is 681 g/mol. The maximum absolute atomic E-state index is 13.3. The van der Waals surface area contributed by atoms with Gasteiger partial charge in [-0.3, -0.25) is 14.4 Å². The second-order valence-corrected chi connectivity index (χ2v) is 11.8. The number of methoxy groups -OCH3 is 1. The van der Waals surface area contributed by atoms with Crippen LogP contribution in [0.2, 0.25) is 0 Å². The molecule has 0 unspecified atom stereocenters. The van der Waals surface area contributed by atoms with Gasteiger partial charge in [-0.1, -0.05) is 56.3 Å². The fraction of sp³-hybridized carbons (Fsp3) is 0.286. The minimum Gasteiger partial charge on any atom is -0.489 e. The molecular weight excluding hydrogens is 643 g/mol. The zero-order chi connectivity index (χ0) is 35.1. The lowest BCUT2D eigenvalue weighted by atomic mass is 10.0. The van der Waals surface area contributed by atoms with Gasteiger partial charge in [0.2, 0.25) is 11.8 Å². The maximum atomic E-state index is 13.3. The summed E-state index contributed by atoms with van der Waals surface area (Å²) in [6.45, 7) is 3.05. The molecule has 3 aromatic carbocycles. The van der Waals surface area contributed by atoms with E-state index in [9.17, 15) is 33.5 Å². The van der Waals surface area contributed by atoms with E-state index in [0.29, 0.717) is 28.7 Å². The molecule has 0 aliphatic heterocycles. The Balaban J connectivity index is 1.72. The fourth-order valence-corrected chi connectivity index (χ4v) is 5.10. The number of aliphatic carboxylic acids is 1. The highest BCUT2D eigenvalue weighted by Crippen LogP contribution is 2.26. The normalized spacial score (nSPS) is 11.7. The quantitative estimate of drug-likeness (QED) is 0.131. The summed E-state index contributed by atoms with van der Waals surface area (Å²) >= 11 is 1.27. The smallest absolute Gasteiger partial charge is 0.343 e. The minimum atomic E-state index is -1.42. The largest absolute Gasteiger partial charge is 0.489 e. The van der Waals surface area contributed by atoms with Gasteiger partial charge >= 0.3 is 11.9 Å². The zero-order valence-corrected chi connectivity index (χ0v) is 27.5. The number of halogens is 1. The van der Waals surface area contributed by atoms with Crippen molar-refractivity contribution in [3.05, 3.63) is 107 Å². The first-order chi connectivity index (χ1) is 22.9. The number of carbonyl (C=O) groups is 5. The highest BCUT2D eigenvalue weighted by atomic mass is 32.2. The zero-order valence-electron chi connectivity index (χ0n) is 26.7. The number of amides is 2. The van der Waals surface area contributed by atoms with Gasteiger partial charge in [0.05, 0.1) is 31.1 Å². The Kier molecular flexibility index (Phi) is 14.6. The summed E-state index contributed by atoms with van der Waals surface area (Å²) < 4.78 is 29.3. The number of Topliss-reactive ketones (excluding diaryl/α,β-unsaturated/α-hetero) is 1. The van der Waals surface area contributed by atoms with Crippen LogP contribution in [-0.4, -0.2) is 60.2 Å². The third kappa shape index (κ3) is 12.6. The molecule has 3 aromatic rings. The number of rotatable bonds is 18. The number of thioether (sulfide) groups is 1. The van der Waals surface area contributed by atoms with Gasteiger partial charge in [-0.25, -0.2) is 14.0 Å². The van der Waals surface area contributed by atoms with Crippen LogP contribution in [0, 0.1) is 11.7 Å². The molecule has 0 spiro atoms. The molecule has 2 amide bonds. The van der Waals surface area contributed by atoms with Crippen molar-refractivity contribution in [3.8, 4) is 11.5 Å². The number of hydrogen-bond acceptors (Lipinski definition) is 9. The number of ketones is 1. The first-order valence-corrected chi connectivity index (χ1v) is 16.0. The molecule has 3 rings (SSSR count). The number of benzene rings is 3. The Labute approximate surface area is 281 Å². The Morgan fingerprint density at radius 1 is 0.938 bits per heavy atom. The lowest BCUT2D eigenvalue weighted by molar-refractivity contribution is -0.143. The molecular formula is C35H37FN2O9S. The Bertz CT molecular complexity index is 1610. The molecule has 0 heterocycles. The summed E-state index contributed by atoms with van der Waals surface area (Å²) in [5, 5.41) is 14.4. The van der Waals surface area contributed by atoms with Crippen LogP contribution in [0.4, 0.5) is 4.39 Å². The predicted octanol–water partition coefficient (Wildman–Crippen LogP) is 4.23. The first kappa shape index (κ1) is 37.3. The number of nitrogens with one attached hydrogen (secondary N) is 2. The van der Waals surface area contributed by atoms with Gasteiger partial charge in [0.15, 0.2) is 12.4 Å². The van der Waals surface area contributed by atoms with Crippen molar-refractivity contribution in [2.24, 2.45) is 5.92 Å². The molecule has 0 radical (unpaired) electrons. The highest BCUT2D eigenvalue weighted by molar-refractivity contribution is 7.99. The third-order valence-corrected chi connectivity index (χ3v) is 7.72. The molecule has 1 atom stereocenters. The third-order valence-electron chi connectivity index (χ3n) is 6.71. The van der Waals surface area contributed by atoms with Crippen LogP contribution in [0.3, 0.4) is 0 Å². The number of ether oxygens (including phenoxy) is 3. The number of carbonyl (C=O) groups excluding carboxylic acids is 4. The molecule has 0 aliphatic carbocycles. The number of carboxylic acids is 1. The Morgan fingerprint density at radius 3 is 2.29 bits per heavy atom. The first-order valence-electron chi connectivity index (χ1n) is 14.8. The van der Waals surface area contributed by atoms with E-state index >= 15 is 0 Å². The molecule has 0 bridgehead atoms. The topological polar surface area (TPSA) is 157 Å². The van der Waals surface area contributed by atoms with Crippen molar-refractivity contribution in [2.45, 2.75) is 38.7 Å². The summed E-state index contributed by atoms with van der Waals surface area (Å²) in [4.78, 5) is 62.6.